The van der Waals surface area contributed by atoms with Gasteiger partial charge >= 0.3 is 0 Å². The second-order valence-corrected chi connectivity index (χ2v) is 9.58. The van der Waals surface area contributed by atoms with Gasteiger partial charge < -0.3 is 20.0 Å². The number of hydrogen-bond donors (Lipinski definition) is 2. The summed E-state index contributed by atoms with van der Waals surface area (Å²) in [6.45, 7) is 0.681. The summed E-state index contributed by atoms with van der Waals surface area (Å²) in [5.74, 6) is -0.496. The lowest BCUT2D eigenvalue weighted by Gasteiger charge is -2.37. The number of nitrogens with one attached hydrogen (secondary N) is 2. The Morgan fingerprint density at radius 1 is 1.00 bits per heavy atom. The maximum atomic E-state index is 13.2. The minimum absolute atomic E-state index is 0.0983. The molecule has 3 amide bonds. The van der Waals surface area contributed by atoms with Crippen LogP contribution in [0, 0.1) is 11.3 Å². The quantitative estimate of drug-likeness (QED) is 0.726. The molecule has 1 saturated heterocycles. The zero-order valence-electron chi connectivity index (χ0n) is 18.6. The SMILES string of the molecule is N#CC1(NC(=O)C2(NC(=O)c3cc4ccc(N5CCCCC5=O)cc4o3)CCCCC2)CC1. The molecule has 5 rings (SSSR count). The smallest absolute Gasteiger partial charge is 0.287 e. The fourth-order valence-electron chi connectivity index (χ4n) is 4.95. The van der Waals surface area contributed by atoms with Crippen molar-refractivity contribution >= 4 is 34.4 Å². The van der Waals surface area contributed by atoms with E-state index in [1.807, 2.05) is 12.1 Å². The molecule has 0 atom stereocenters. The van der Waals surface area contributed by atoms with Crippen LogP contribution in [-0.2, 0) is 9.59 Å². The number of anilines is 1. The molecular formula is C25H28N4O4. The van der Waals surface area contributed by atoms with E-state index in [0.717, 1.165) is 43.2 Å². The Bertz CT molecular complexity index is 1150. The second kappa shape index (κ2) is 8.22. The average molecular weight is 449 g/mol. The van der Waals surface area contributed by atoms with E-state index in [1.54, 1.807) is 17.0 Å². The highest BCUT2D eigenvalue weighted by Gasteiger charge is 2.50. The fourth-order valence-corrected chi connectivity index (χ4v) is 4.95. The average Bonchev–Trinajstić information content (AvgIpc) is 3.47. The van der Waals surface area contributed by atoms with Crippen LogP contribution in [0.5, 0.6) is 0 Å². The molecule has 2 saturated carbocycles. The van der Waals surface area contributed by atoms with E-state index in [4.69, 9.17) is 4.42 Å². The van der Waals surface area contributed by atoms with E-state index in [1.165, 1.54) is 0 Å². The highest BCUT2D eigenvalue weighted by Crippen LogP contribution is 2.37. The molecule has 1 aliphatic heterocycles. The van der Waals surface area contributed by atoms with Gasteiger partial charge in [-0.05, 0) is 56.7 Å². The molecule has 2 N–H and O–H groups in total. The number of carbonyl (C=O) groups is 3. The number of furan rings is 1. The summed E-state index contributed by atoms with van der Waals surface area (Å²) in [4.78, 5) is 40.4. The van der Waals surface area contributed by atoms with Gasteiger partial charge in [0, 0.05) is 30.1 Å². The summed E-state index contributed by atoms with van der Waals surface area (Å²) in [5, 5.41) is 16.0. The van der Waals surface area contributed by atoms with Crippen molar-refractivity contribution in [3.63, 3.8) is 0 Å². The molecule has 1 aromatic heterocycles. The minimum Gasteiger partial charge on any atom is -0.451 e. The summed E-state index contributed by atoms with van der Waals surface area (Å²) in [6, 6.07) is 9.36. The van der Waals surface area contributed by atoms with Crippen LogP contribution in [0.15, 0.2) is 28.7 Å². The lowest BCUT2D eigenvalue weighted by Crippen LogP contribution is -2.61. The summed E-state index contributed by atoms with van der Waals surface area (Å²) in [6.07, 6.45) is 7.45. The molecule has 2 aromatic rings. The van der Waals surface area contributed by atoms with Gasteiger partial charge in [-0.3, -0.25) is 14.4 Å². The molecular weight excluding hydrogens is 420 g/mol. The van der Waals surface area contributed by atoms with Crippen LogP contribution in [0.1, 0.15) is 74.8 Å². The Kier molecular flexibility index (Phi) is 5.35. The van der Waals surface area contributed by atoms with E-state index in [2.05, 4.69) is 16.7 Å². The summed E-state index contributed by atoms with van der Waals surface area (Å²) in [7, 11) is 0. The molecule has 8 heteroatoms. The van der Waals surface area contributed by atoms with Crippen molar-refractivity contribution in [3.05, 3.63) is 30.0 Å². The molecule has 2 aliphatic carbocycles. The first kappa shape index (κ1) is 21.5. The Morgan fingerprint density at radius 2 is 1.79 bits per heavy atom. The molecule has 8 nitrogen and oxygen atoms in total. The molecule has 0 unspecified atom stereocenters. The molecule has 2 heterocycles. The normalized spacial score (nSPS) is 21.3. The maximum Gasteiger partial charge on any atom is 0.287 e. The largest absolute Gasteiger partial charge is 0.451 e. The van der Waals surface area contributed by atoms with Gasteiger partial charge in [-0.1, -0.05) is 19.3 Å². The summed E-state index contributed by atoms with van der Waals surface area (Å²) in [5.41, 5.74) is -0.525. The van der Waals surface area contributed by atoms with Crippen LogP contribution in [0.3, 0.4) is 0 Å². The Hall–Kier alpha value is -3.34. The lowest BCUT2D eigenvalue weighted by molar-refractivity contribution is -0.129. The van der Waals surface area contributed by atoms with Gasteiger partial charge in [0.1, 0.15) is 16.7 Å². The maximum absolute atomic E-state index is 13.2. The van der Waals surface area contributed by atoms with E-state index in [0.29, 0.717) is 44.2 Å². The van der Waals surface area contributed by atoms with Gasteiger partial charge in [0.15, 0.2) is 5.76 Å². The van der Waals surface area contributed by atoms with E-state index >= 15 is 0 Å². The monoisotopic (exact) mass is 448 g/mol. The van der Waals surface area contributed by atoms with Crippen LogP contribution in [0.2, 0.25) is 0 Å². The van der Waals surface area contributed by atoms with E-state index < -0.39 is 17.0 Å². The Balaban J connectivity index is 1.37. The number of amides is 3. The van der Waals surface area contributed by atoms with Gasteiger partial charge in [0.05, 0.1) is 6.07 Å². The number of nitriles is 1. The third-order valence-electron chi connectivity index (χ3n) is 7.17. The Labute approximate surface area is 192 Å². The number of benzene rings is 1. The highest BCUT2D eigenvalue weighted by atomic mass is 16.3. The third-order valence-corrected chi connectivity index (χ3v) is 7.17. The van der Waals surface area contributed by atoms with Crippen molar-refractivity contribution in [2.24, 2.45) is 0 Å². The van der Waals surface area contributed by atoms with Crippen molar-refractivity contribution < 1.29 is 18.8 Å². The van der Waals surface area contributed by atoms with Crippen LogP contribution in [0.25, 0.3) is 11.0 Å². The highest BCUT2D eigenvalue weighted by molar-refractivity contribution is 6.01. The standard InChI is InChI=1S/C25H28N4O4/c26-16-24(11-12-24)28-23(32)25(9-3-1-4-10-25)27-22(31)20-14-17-7-8-18(15-19(17)33-20)29-13-5-2-6-21(29)30/h7-8,14-15H,1-6,9-13H2,(H,27,31)(H,28,32). The predicted molar refractivity (Wildman–Crippen MR) is 121 cm³/mol. The van der Waals surface area contributed by atoms with Gasteiger partial charge in [-0.2, -0.15) is 5.26 Å². The first-order valence-electron chi connectivity index (χ1n) is 11.8. The minimum atomic E-state index is -1.04. The number of hydrogen-bond acceptors (Lipinski definition) is 5. The zero-order valence-corrected chi connectivity index (χ0v) is 18.6. The molecule has 0 radical (unpaired) electrons. The first-order valence-corrected chi connectivity index (χ1v) is 11.8. The molecule has 3 fully saturated rings. The number of piperidine rings is 1. The molecule has 172 valence electrons. The number of fused-ring (bicyclic) bond motifs is 1. The summed E-state index contributed by atoms with van der Waals surface area (Å²) < 4.78 is 5.86. The molecule has 1 aromatic carbocycles. The second-order valence-electron chi connectivity index (χ2n) is 9.58. The Morgan fingerprint density at radius 3 is 2.48 bits per heavy atom. The summed E-state index contributed by atoms with van der Waals surface area (Å²) >= 11 is 0. The first-order chi connectivity index (χ1) is 15.9. The van der Waals surface area contributed by atoms with Crippen molar-refractivity contribution in [3.8, 4) is 6.07 Å². The van der Waals surface area contributed by atoms with Gasteiger partial charge in [-0.15, -0.1) is 0 Å². The number of nitrogens with zero attached hydrogens (tertiary/aromatic N) is 2. The number of rotatable bonds is 5. The third kappa shape index (κ3) is 4.08. The lowest BCUT2D eigenvalue weighted by atomic mass is 9.80. The van der Waals surface area contributed by atoms with Gasteiger partial charge in [0.2, 0.25) is 11.8 Å². The molecule has 0 bridgehead atoms. The fraction of sp³-hybridized carbons (Fsp3) is 0.520. The molecule has 3 aliphatic rings. The van der Waals surface area contributed by atoms with Crippen LogP contribution in [-0.4, -0.2) is 35.3 Å². The van der Waals surface area contributed by atoms with Gasteiger partial charge in [0.25, 0.3) is 5.91 Å². The zero-order chi connectivity index (χ0) is 23.1. The molecule has 0 spiro atoms. The van der Waals surface area contributed by atoms with E-state index in [9.17, 15) is 19.6 Å². The topological polar surface area (TPSA) is 115 Å². The predicted octanol–water partition coefficient (Wildman–Crippen LogP) is 3.55. The van der Waals surface area contributed by atoms with Crippen molar-refractivity contribution in [1.82, 2.24) is 10.6 Å². The molecule has 33 heavy (non-hydrogen) atoms. The van der Waals surface area contributed by atoms with Crippen molar-refractivity contribution in [1.29, 1.82) is 5.26 Å². The van der Waals surface area contributed by atoms with Crippen LogP contribution in [0.4, 0.5) is 5.69 Å². The van der Waals surface area contributed by atoms with Gasteiger partial charge in [-0.25, -0.2) is 0 Å². The van der Waals surface area contributed by atoms with Crippen LogP contribution < -0.4 is 15.5 Å². The number of carbonyl (C=O) groups excluding carboxylic acids is 3. The van der Waals surface area contributed by atoms with Crippen molar-refractivity contribution in [2.45, 2.75) is 75.3 Å². The van der Waals surface area contributed by atoms with E-state index in [-0.39, 0.29) is 17.6 Å². The van der Waals surface area contributed by atoms with Crippen molar-refractivity contribution in [2.75, 3.05) is 11.4 Å². The van der Waals surface area contributed by atoms with Crippen LogP contribution >= 0.6 is 0 Å².